The van der Waals surface area contributed by atoms with Crippen LogP contribution in [-0.2, 0) is 26.2 Å². The molecule has 0 saturated heterocycles. The van der Waals surface area contributed by atoms with Crippen LogP contribution in [0.3, 0.4) is 0 Å². The summed E-state index contributed by atoms with van der Waals surface area (Å²) in [4.78, 5) is 12.3. The van der Waals surface area contributed by atoms with E-state index in [9.17, 15) is 13.2 Å². The van der Waals surface area contributed by atoms with Crippen LogP contribution in [0.1, 0.15) is 18.1 Å². The molecule has 2 aromatic rings. The molecule has 144 valence electrons. The van der Waals surface area contributed by atoms with E-state index >= 15 is 0 Å². The Labute approximate surface area is 165 Å². The van der Waals surface area contributed by atoms with Crippen LogP contribution in [0.4, 0.5) is 0 Å². The van der Waals surface area contributed by atoms with Crippen molar-refractivity contribution in [2.45, 2.75) is 31.4 Å². The molecular formula is C18H18BrNO6S. The summed E-state index contributed by atoms with van der Waals surface area (Å²) < 4.78 is 43.5. The van der Waals surface area contributed by atoms with Gasteiger partial charge in [-0.05, 0) is 38.1 Å². The summed E-state index contributed by atoms with van der Waals surface area (Å²) in [5.41, 5.74) is 1.62. The van der Waals surface area contributed by atoms with Crippen LogP contribution in [0.5, 0.6) is 11.5 Å². The van der Waals surface area contributed by atoms with Crippen LogP contribution >= 0.6 is 15.9 Å². The first-order valence-electron chi connectivity index (χ1n) is 8.10. The van der Waals surface area contributed by atoms with E-state index in [1.165, 1.54) is 19.1 Å². The number of rotatable bonds is 6. The summed E-state index contributed by atoms with van der Waals surface area (Å²) in [6.45, 7) is 3.40. The third-order valence-electron chi connectivity index (χ3n) is 3.93. The van der Waals surface area contributed by atoms with E-state index < -0.39 is 22.0 Å². The number of carbonyl (C=O) groups excluding carboxylic acids is 1. The van der Waals surface area contributed by atoms with Gasteiger partial charge in [0.25, 0.3) is 0 Å². The summed E-state index contributed by atoms with van der Waals surface area (Å²) in [6, 6.07) is 8.75. The number of halogens is 1. The van der Waals surface area contributed by atoms with E-state index in [2.05, 4.69) is 20.7 Å². The molecule has 27 heavy (non-hydrogen) atoms. The molecule has 0 amide bonds. The molecule has 1 atom stereocenters. The highest BCUT2D eigenvalue weighted by molar-refractivity contribution is 9.10. The van der Waals surface area contributed by atoms with Crippen molar-refractivity contribution >= 4 is 31.9 Å². The monoisotopic (exact) mass is 455 g/mol. The first-order valence-corrected chi connectivity index (χ1v) is 10.4. The average molecular weight is 456 g/mol. The van der Waals surface area contributed by atoms with Crippen LogP contribution in [0.15, 0.2) is 45.8 Å². The van der Waals surface area contributed by atoms with E-state index in [0.717, 1.165) is 5.56 Å². The summed E-state index contributed by atoms with van der Waals surface area (Å²) in [5, 5.41) is 0. The molecule has 0 spiro atoms. The van der Waals surface area contributed by atoms with Crippen molar-refractivity contribution in [2.24, 2.45) is 0 Å². The minimum atomic E-state index is -3.82. The molecule has 0 radical (unpaired) electrons. The molecule has 1 heterocycles. The molecule has 0 saturated carbocycles. The maximum atomic E-state index is 12.4. The molecule has 1 N–H and O–H groups in total. The molecule has 0 aliphatic carbocycles. The van der Waals surface area contributed by atoms with Gasteiger partial charge in [-0.3, -0.25) is 4.79 Å². The number of nitrogens with one attached hydrogen (secondary N) is 1. The smallest absolute Gasteiger partial charge is 0.324 e. The lowest BCUT2D eigenvalue weighted by Gasteiger charge is -2.14. The van der Waals surface area contributed by atoms with Gasteiger partial charge >= 0.3 is 5.97 Å². The maximum Gasteiger partial charge on any atom is 0.324 e. The first-order chi connectivity index (χ1) is 12.8. The predicted octanol–water partition coefficient (Wildman–Crippen LogP) is 2.90. The van der Waals surface area contributed by atoms with Gasteiger partial charge in [-0.1, -0.05) is 33.6 Å². The highest BCUT2D eigenvalue weighted by Gasteiger charge is 2.24. The Balaban J connectivity index is 1.62. The zero-order valence-corrected chi connectivity index (χ0v) is 17.1. The molecule has 0 bridgehead atoms. The Morgan fingerprint density at radius 1 is 1.22 bits per heavy atom. The van der Waals surface area contributed by atoms with Gasteiger partial charge in [-0.15, -0.1) is 0 Å². The van der Waals surface area contributed by atoms with Crippen molar-refractivity contribution in [1.82, 2.24) is 4.72 Å². The van der Waals surface area contributed by atoms with Crippen molar-refractivity contribution in [3.8, 4) is 11.5 Å². The van der Waals surface area contributed by atoms with Gasteiger partial charge in [0.1, 0.15) is 12.6 Å². The van der Waals surface area contributed by atoms with Crippen molar-refractivity contribution in [3.63, 3.8) is 0 Å². The Morgan fingerprint density at radius 3 is 2.52 bits per heavy atom. The fraction of sp³-hybridized carbons (Fsp3) is 0.278. The first kappa shape index (κ1) is 19.7. The molecular weight excluding hydrogens is 438 g/mol. The number of fused-ring (bicyclic) bond motifs is 1. The van der Waals surface area contributed by atoms with Crippen molar-refractivity contribution in [2.75, 3.05) is 6.79 Å². The molecule has 7 nitrogen and oxygen atoms in total. The third kappa shape index (κ3) is 4.60. The summed E-state index contributed by atoms with van der Waals surface area (Å²) in [7, 11) is -3.82. The average Bonchev–Trinajstić information content (AvgIpc) is 3.06. The topological polar surface area (TPSA) is 90.9 Å². The highest BCUT2D eigenvalue weighted by Crippen LogP contribution is 2.37. The number of carbonyl (C=O) groups is 1. The largest absolute Gasteiger partial charge is 0.460 e. The van der Waals surface area contributed by atoms with Crippen LogP contribution in [0, 0.1) is 6.92 Å². The number of hydrogen-bond acceptors (Lipinski definition) is 6. The molecule has 0 unspecified atom stereocenters. The molecule has 1 aliphatic rings. The van der Waals surface area contributed by atoms with Gasteiger partial charge in [-0.25, -0.2) is 8.42 Å². The van der Waals surface area contributed by atoms with Gasteiger partial charge < -0.3 is 14.2 Å². The van der Waals surface area contributed by atoms with E-state index in [1.54, 1.807) is 24.3 Å². The van der Waals surface area contributed by atoms with Gasteiger partial charge in [0.2, 0.25) is 16.8 Å². The number of aryl methyl sites for hydroxylation is 1. The Hall–Kier alpha value is -2.10. The number of esters is 1. The van der Waals surface area contributed by atoms with Crippen LogP contribution in [0.25, 0.3) is 0 Å². The lowest BCUT2D eigenvalue weighted by Crippen LogP contribution is -2.39. The minimum Gasteiger partial charge on any atom is -0.460 e. The second kappa shape index (κ2) is 7.87. The van der Waals surface area contributed by atoms with Gasteiger partial charge in [0.05, 0.1) is 4.90 Å². The van der Waals surface area contributed by atoms with Crippen molar-refractivity contribution in [1.29, 1.82) is 0 Å². The van der Waals surface area contributed by atoms with Crippen LogP contribution in [-0.4, -0.2) is 27.2 Å². The maximum absolute atomic E-state index is 12.4. The number of benzene rings is 2. The summed E-state index contributed by atoms with van der Waals surface area (Å²) >= 11 is 3.38. The molecule has 3 rings (SSSR count). The Kier molecular flexibility index (Phi) is 5.73. The molecule has 1 aliphatic heterocycles. The van der Waals surface area contributed by atoms with E-state index in [1.807, 2.05) is 6.92 Å². The zero-order valence-electron chi connectivity index (χ0n) is 14.7. The van der Waals surface area contributed by atoms with Crippen molar-refractivity contribution < 1.29 is 27.4 Å². The third-order valence-corrected chi connectivity index (χ3v) is 6.22. The van der Waals surface area contributed by atoms with Gasteiger partial charge in [0.15, 0.2) is 11.5 Å². The van der Waals surface area contributed by atoms with E-state index in [0.29, 0.717) is 21.5 Å². The van der Waals surface area contributed by atoms with E-state index in [-0.39, 0.29) is 18.3 Å². The summed E-state index contributed by atoms with van der Waals surface area (Å²) in [6.07, 6.45) is 0. The Morgan fingerprint density at radius 2 is 1.85 bits per heavy atom. The number of hydrogen-bond donors (Lipinski definition) is 1. The lowest BCUT2D eigenvalue weighted by molar-refractivity contribution is -0.146. The fourth-order valence-electron chi connectivity index (χ4n) is 2.41. The van der Waals surface area contributed by atoms with Crippen LogP contribution in [0.2, 0.25) is 0 Å². The van der Waals surface area contributed by atoms with E-state index in [4.69, 9.17) is 14.2 Å². The van der Waals surface area contributed by atoms with Gasteiger partial charge in [0, 0.05) is 10.0 Å². The Bertz CT molecular complexity index is 959. The normalized spacial score (nSPS) is 14.0. The van der Waals surface area contributed by atoms with Gasteiger partial charge in [-0.2, -0.15) is 4.72 Å². The standard InChI is InChI=1S/C18H18BrNO6S/c1-11-3-5-14(6-4-11)27(22,23)20-12(2)18(21)24-9-13-7-16-17(8-15(13)19)26-10-25-16/h3-8,12,20H,9-10H2,1-2H3/t12-/m0/s1. The van der Waals surface area contributed by atoms with Crippen LogP contribution < -0.4 is 14.2 Å². The minimum absolute atomic E-state index is 0.0351. The molecule has 0 aromatic heterocycles. The second-order valence-corrected chi connectivity index (χ2v) is 8.63. The summed E-state index contributed by atoms with van der Waals surface area (Å²) in [5.74, 6) is 0.490. The predicted molar refractivity (Wildman–Crippen MR) is 101 cm³/mol. The quantitative estimate of drug-likeness (QED) is 0.673. The molecule has 9 heteroatoms. The van der Waals surface area contributed by atoms with Crippen molar-refractivity contribution in [3.05, 3.63) is 52.0 Å². The fourth-order valence-corrected chi connectivity index (χ4v) is 4.04. The SMILES string of the molecule is Cc1ccc(S(=O)(=O)N[C@@H](C)C(=O)OCc2cc3c(cc2Br)OCO3)cc1. The molecule has 0 fully saturated rings. The molecule has 2 aromatic carbocycles. The zero-order chi connectivity index (χ0) is 19.6. The second-order valence-electron chi connectivity index (χ2n) is 6.06. The number of sulfonamides is 1. The highest BCUT2D eigenvalue weighted by atomic mass is 79.9. The lowest BCUT2D eigenvalue weighted by atomic mass is 10.2. The number of ether oxygens (including phenoxy) is 3.